The molecule has 0 aromatic heterocycles. The fourth-order valence-electron chi connectivity index (χ4n) is 2.01. The number of alkyl halides is 3. The van der Waals surface area contributed by atoms with Gasteiger partial charge in [-0.05, 0) is 24.1 Å². The molecule has 0 saturated carbocycles. The van der Waals surface area contributed by atoms with E-state index < -0.39 is 24.5 Å². The van der Waals surface area contributed by atoms with E-state index in [0.29, 0.717) is 4.47 Å². The van der Waals surface area contributed by atoms with E-state index in [4.69, 9.17) is 9.47 Å². The molecule has 3 nitrogen and oxygen atoms in total. The lowest BCUT2D eigenvalue weighted by Crippen LogP contribution is -2.45. The normalized spacial score (nSPS) is 20.1. The average molecular weight is 355 g/mol. The average Bonchev–Trinajstić information content (AvgIpc) is 2.83. The fraction of sp³-hybridized carbons (Fsp3) is 0.538. The largest absolute Gasteiger partial charge is 0.421 e. The smallest absolute Gasteiger partial charge is 0.376 e. The van der Waals surface area contributed by atoms with Crippen LogP contribution in [0.1, 0.15) is 17.5 Å². The molecular weight excluding hydrogens is 341 g/mol. The van der Waals surface area contributed by atoms with E-state index in [1.54, 1.807) is 6.92 Å². The second-order valence-corrected chi connectivity index (χ2v) is 5.55. The highest BCUT2D eigenvalue weighted by atomic mass is 79.9. The van der Waals surface area contributed by atoms with E-state index in [1.165, 1.54) is 18.2 Å². The van der Waals surface area contributed by atoms with Gasteiger partial charge in [-0.1, -0.05) is 28.1 Å². The summed E-state index contributed by atoms with van der Waals surface area (Å²) in [5, 5.41) is 10.2. The van der Waals surface area contributed by atoms with Crippen molar-refractivity contribution in [2.75, 3.05) is 13.2 Å². The maximum atomic E-state index is 13.3. The molecule has 1 aliphatic heterocycles. The first-order valence-electron chi connectivity index (χ1n) is 6.03. The van der Waals surface area contributed by atoms with E-state index in [-0.39, 0.29) is 18.8 Å². The van der Waals surface area contributed by atoms with Crippen molar-refractivity contribution in [3.05, 3.63) is 33.8 Å². The topological polar surface area (TPSA) is 38.7 Å². The summed E-state index contributed by atoms with van der Waals surface area (Å²) in [4.78, 5) is 0. The Kier molecular flexibility index (Phi) is 4.44. The lowest BCUT2D eigenvalue weighted by molar-refractivity contribution is -0.284. The molecule has 0 aliphatic carbocycles. The molecule has 0 spiro atoms. The van der Waals surface area contributed by atoms with Gasteiger partial charge < -0.3 is 14.6 Å². The van der Waals surface area contributed by atoms with Gasteiger partial charge in [-0.15, -0.1) is 0 Å². The molecule has 1 aliphatic rings. The van der Waals surface area contributed by atoms with Gasteiger partial charge in [0.1, 0.15) is 0 Å². The summed E-state index contributed by atoms with van der Waals surface area (Å²) in [5.74, 6) is 0. The maximum absolute atomic E-state index is 13.3. The number of ether oxygens (including phenoxy) is 2. The predicted octanol–water partition coefficient (Wildman–Crippen LogP) is 3.27. The van der Waals surface area contributed by atoms with Crippen molar-refractivity contribution in [3.8, 4) is 0 Å². The summed E-state index contributed by atoms with van der Waals surface area (Å²) >= 11 is 3.18. The molecule has 1 N–H and O–H groups in total. The molecule has 0 radical (unpaired) electrons. The quantitative estimate of drug-likeness (QED) is 0.905. The SMILES string of the molecule is Cc1ccc(C(O)(CC2OCCO2)C(F)(F)F)cc1Br. The Balaban J connectivity index is 2.37. The summed E-state index contributed by atoms with van der Waals surface area (Å²) in [6.07, 6.45) is -6.56. The van der Waals surface area contributed by atoms with Crippen LogP contribution >= 0.6 is 15.9 Å². The highest BCUT2D eigenvalue weighted by molar-refractivity contribution is 9.10. The van der Waals surface area contributed by atoms with Crippen LogP contribution < -0.4 is 0 Å². The molecule has 1 unspecified atom stereocenters. The molecule has 112 valence electrons. The Morgan fingerprint density at radius 1 is 1.30 bits per heavy atom. The van der Waals surface area contributed by atoms with Crippen molar-refractivity contribution in [2.24, 2.45) is 0 Å². The number of aliphatic hydroxyl groups is 1. The molecule has 0 amide bonds. The van der Waals surface area contributed by atoms with Crippen molar-refractivity contribution in [1.82, 2.24) is 0 Å². The van der Waals surface area contributed by atoms with E-state index in [0.717, 1.165) is 5.56 Å². The molecule has 1 saturated heterocycles. The monoisotopic (exact) mass is 354 g/mol. The number of hydrogen-bond acceptors (Lipinski definition) is 3. The standard InChI is InChI=1S/C13H14BrF3O3/c1-8-2-3-9(6-10(8)14)12(18,13(15,16)17)7-11-19-4-5-20-11/h2-3,6,11,18H,4-5,7H2,1H3. The van der Waals surface area contributed by atoms with Crippen molar-refractivity contribution < 1.29 is 27.8 Å². The molecule has 1 aromatic carbocycles. The first-order valence-corrected chi connectivity index (χ1v) is 6.82. The van der Waals surface area contributed by atoms with E-state index in [2.05, 4.69) is 15.9 Å². The van der Waals surface area contributed by atoms with Crippen molar-refractivity contribution in [2.45, 2.75) is 31.4 Å². The molecule has 1 aromatic rings. The number of benzene rings is 1. The molecule has 7 heteroatoms. The van der Waals surface area contributed by atoms with Crippen LogP contribution in [0.2, 0.25) is 0 Å². The summed E-state index contributed by atoms with van der Waals surface area (Å²) in [7, 11) is 0. The van der Waals surface area contributed by atoms with Gasteiger partial charge in [0, 0.05) is 10.9 Å². The van der Waals surface area contributed by atoms with Crippen LogP contribution in [0.4, 0.5) is 13.2 Å². The van der Waals surface area contributed by atoms with Crippen LogP contribution in [0.15, 0.2) is 22.7 Å². The lowest BCUT2D eigenvalue weighted by Gasteiger charge is -2.32. The molecule has 1 atom stereocenters. The van der Waals surface area contributed by atoms with Gasteiger partial charge in [0.2, 0.25) is 0 Å². The fourth-order valence-corrected chi connectivity index (χ4v) is 2.39. The van der Waals surface area contributed by atoms with Crippen LogP contribution in [-0.4, -0.2) is 30.8 Å². The summed E-state index contributed by atoms with van der Waals surface area (Å²) in [6.45, 7) is 2.22. The number of hydrogen-bond donors (Lipinski definition) is 1. The third-order valence-electron chi connectivity index (χ3n) is 3.27. The minimum Gasteiger partial charge on any atom is -0.376 e. The van der Waals surface area contributed by atoms with Crippen LogP contribution in [0, 0.1) is 6.92 Å². The lowest BCUT2D eigenvalue weighted by atomic mass is 9.89. The zero-order valence-corrected chi connectivity index (χ0v) is 12.3. The Labute approximate surface area is 122 Å². The predicted molar refractivity (Wildman–Crippen MR) is 69.1 cm³/mol. The highest BCUT2D eigenvalue weighted by Crippen LogP contribution is 2.44. The summed E-state index contributed by atoms with van der Waals surface area (Å²) in [6, 6.07) is 4.06. The third-order valence-corrected chi connectivity index (χ3v) is 4.13. The number of rotatable bonds is 3. The van der Waals surface area contributed by atoms with Crippen LogP contribution in [0.5, 0.6) is 0 Å². The van der Waals surface area contributed by atoms with Gasteiger partial charge >= 0.3 is 6.18 Å². The van der Waals surface area contributed by atoms with Gasteiger partial charge in [0.05, 0.1) is 13.2 Å². The Bertz CT molecular complexity index is 486. The first kappa shape index (κ1) is 15.8. The Hall–Kier alpha value is -0.630. The molecule has 20 heavy (non-hydrogen) atoms. The summed E-state index contributed by atoms with van der Waals surface area (Å²) in [5.41, 5.74) is -2.45. The zero-order chi connectivity index (χ0) is 15.0. The number of halogens is 4. The Morgan fingerprint density at radius 3 is 2.40 bits per heavy atom. The van der Waals surface area contributed by atoms with Crippen LogP contribution in [-0.2, 0) is 15.1 Å². The molecule has 0 bridgehead atoms. The van der Waals surface area contributed by atoms with Gasteiger partial charge in [-0.3, -0.25) is 0 Å². The van der Waals surface area contributed by atoms with E-state index in [9.17, 15) is 18.3 Å². The van der Waals surface area contributed by atoms with Crippen LogP contribution in [0.25, 0.3) is 0 Å². The van der Waals surface area contributed by atoms with E-state index >= 15 is 0 Å². The molecular formula is C13H14BrF3O3. The second kappa shape index (κ2) is 5.63. The van der Waals surface area contributed by atoms with Gasteiger partial charge in [0.15, 0.2) is 11.9 Å². The molecule has 1 fully saturated rings. The highest BCUT2D eigenvalue weighted by Gasteiger charge is 2.56. The van der Waals surface area contributed by atoms with Crippen molar-refractivity contribution in [1.29, 1.82) is 0 Å². The van der Waals surface area contributed by atoms with Crippen LogP contribution in [0.3, 0.4) is 0 Å². The Morgan fingerprint density at radius 2 is 1.90 bits per heavy atom. The maximum Gasteiger partial charge on any atom is 0.421 e. The van der Waals surface area contributed by atoms with Gasteiger partial charge in [-0.25, -0.2) is 0 Å². The first-order chi connectivity index (χ1) is 9.24. The minimum absolute atomic E-state index is 0.232. The molecule has 2 rings (SSSR count). The second-order valence-electron chi connectivity index (χ2n) is 4.70. The van der Waals surface area contributed by atoms with E-state index in [1.807, 2.05) is 0 Å². The summed E-state index contributed by atoms with van der Waals surface area (Å²) < 4.78 is 50.5. The number of aryl methyl sites for hydroxylation is 1. The zero-order valence-electron chi connectivity index (χ0n) is 10.7. The van der Waals surface area contributed by atoms with Crippen molar-refractivity contribution >= 4 is 15.9 Å². The molecule has 1 heterocycles. The minimum atomic E-state index is -4.82. The van der Waals surface area contributed by atoms with Crippen molar-refractivity contribution in [3.63, 3.8) is 0 Å². The third kappa shape index (κ3) is 3.00. The van der Waals surface area contributed by atoms with Gasteiger partial charge in [0.25, 0.3) is 0 Å². The van der Waals surface area contributed by atoms with Gasteiger partial charge in [-0.2, -0.15) is 13.2 Å².